The van der Waals surface area contributed by atoms with Gasteiger partial charge >= 0.3 is 0 Å². The van der Waals surface area contributed by atoms with Crippen molar-refractivity contribution >= 4 is 15.7 Å². The summed E-state index contributed by atoms with van der Waals surface area (Å²) in [6.07, 6.45) is 3.86. The summed E-state index contributed by atoms with van der Waals surface area (Å²) in [4.78, 5) is 0.284. The zero-order valence-corrected chi connectivity index (χ0v) is 12.3. The first-order chi connectivity index (χ1) is 9.60. The summed E-state index contributed by atoms with van der Waals surface area (Å²) in [6.45, 7) is 0.811. The van der Waals surface area contributed by atoms with Gasteiger partial charge in [0.2, 0.25) is 10.0 Å². The summed E-state index contributed by atoms with van der Waals surface area (Å²) in [7, 11) is -1.94. The van der Waals surface area contributed by atoms with Crippen molar-refractivity contribution in [1.29, 1.82) is 0 Å². The molecular formula is C14H20N2O3S. The number of hydrogen-bond acceptors (Lipinski definition) is 4. The van der Waals surface area contributed by atoms with Gasteiger partial charge in [-0.05, 0) is 56.5 Å². The molecule has 0 aromatic heterocycles. The fourth-order valence-corrected chi connectivity index (χ4v) is 3.45. The minimum absolute atomic E-state index is 0.284. The van der Waals surface area contributed by atoms with Crippen LogP contribution in [0.3, 0.4) is 0 Å². The van der Waals surface area contributed by atoms with E-state index in [0.29, 0.717) is 18.1 Å². The Kier molecular flexibility index (Phi) is 3.70. The van der Waals surface area contributed by atoms with E-state index in [1.165, 1.54) is 19.9 Å². The van der Waals surface area contributed by atoms with Gasteiger partial charge in [-0.3, -0.25) is 0 Å². The summed E-state index contributed by atoms with van der Waals surface area (Å²) < 4.78 is 31.4. The molecule has 0 amide bonds. The van der Waals surface area contributed by atoms with E-state index in [4.69, 9.17) is 4.74 Å². The molecule has 1 aliphatic carbocycles. The van der Waals surface area contributed by atoms with Gasteiger partial charge in [0.05, 0.1) is 17.0 Å². The van der Waals surface area contributed by atoms with Crippen molar-refractivity contribution < 1.29 is 13.2 Å². The molecule has 0 bridgehead atoms. The molecule has 1 aliphatic heterocycles. The lowest BCUT2D eigenvalue weighted by molar-refractivity contribution is 0.0898. The van der Waals surface area contributed by atoms with E-state index in [1.807, 2.05) is 12.1 Å². The number of rotatable bonds is 5. The summed E-state index contributed by atoms with van der Waals surface area (Å²) in [5, 5.41) is 3.47. The molecule has 5 nitrogen and oxygen atoms in total. The van der Waals surface area contributed by atoms with Gasteiger partial charge in [-0.15, -0.1) is 0 Å². The van der Waals surface area contributed by atoms with Crippen LogP contribution in [0.5, 0.6) is 0 Å². The second kappa shape index (κ2) is 5.35. The van der Waals surface area contributed by atoms with Crippen LogP contribution < -0.4 is 10.0 Å². The Bertz CT molecular complexity index is 567. The van der Waals surface area contributed by atoms with E-state index in [0.717, 1.165) is 18.7 Å². The van der Waals surface area contributed by atoms with Crippen molar-refractivity contribution in [1.82, 2.24) is 4.72 Å². The molecule has 1 heterocycles. The average Bonchev–Trinajstić information content (AvgIpc) is 3.20. The van der Waals surface area contributed by atoms with Crippen molar-refractivity contribution in [2.45, 2.75) is 36.3 Å². The highest BCUT2D eigenvalue weighted by Gasteiger charge is 2.40. The van der Waals surface area contributed by atoms with E-state index in [2.05, 4.69) is 10.0 Å². The third kappa shape index (κ3) is 2.82. The highest BCUT2D eigenvalue weighted by atomic mass is 32.2. The van der Waals surface area contributed by atoms with Crippen LogP contribution in [-0.2, 0) is 14.8 Å². The van der Waals surface area contributed by atoms with Crippen LogP contribution in [0.15, 0.2) is 29.2 Å². The molecule has 1 aromatic rings. The van der Waals surface area contributed by atoms with E-state index < -0.39 is 10.0 Å². The van der Waals surface area contributed by atoms with Crippen molar-refractivity contribution in [2.24, 2.45) is 5.92 Å². The van der Waals surface area contributed by atoms with Gasteiger partial charge in [-0.1, -0.05) is 0 Å². The predicted molar refractivity (Wildman–Crippen MR) is 77.2 cm³/mol. The van der Waals surface area contributed by atoms with Crippen LogP contribution in [0.4, 0.5) is 5.69 Å². The molecule has 0 spiro atoms. The largest absolute Gasteiger partial charge is 0.380 e. The van der Waals surface area contributed by atoms with Crippen molar-refractivity contribution in [3.63, 3.8) is 0 Å². The molecule has 2 N–H and O–H groups in total. The zero-order chi connectivity index (χ0) is 14.2. The Balaban J connectivity index is 1.69. The van der Waals surface area contributed by atoms with Gasteiger partial charge in [-0.2, -0.15) is 0 Å². The molecule has 110 valence electrons. The van der Waals surface area contributed by atoms with Crippen molar-refractivity contribution in [3.8, 4) is 0 Å². The van der Waals surface area contributed by atoms with Gasteiger partial charge in [0.25, 0.3) is 0 Å². The lowest BCUT2D eigenvalue weighted by atomic mass is 10.1. The van der Waals surface area contributed by atoms with Gasteiger partial charge < -0.3 is 10.1 Å². The molecule has 3 rings (SSSR count). The van der Waals surface area contributed by atoms with Crippen LogP contribution in [-0.4, -0.2) is 34.2 Å². The van der Waals surface area contributed by atoms with E-state index >= 15 is 0 Å². The Labute approximate surface area is 119 Å². The molecule has 0 radical (unpaired) electrons. The monoisotopic (exact) mass is 296 g/mol. The number of benzene rings is 1. The summed E-state index contributed by atoms with van der Waals surface area (Å²) >= 11 is 0. The third-order valence-corrected chi connectivity index (χ3v) is 5.44. The van der Waals surface area contributed by atoms with Crippen LogP contribution in [0.1, 0.15) is 19.3 Å². The van der Waals surface area contributed by atoms with Gasteiger partial charge in [0.15, 0.2) is 0 Å². The Morgan fingerprint density at radius 1 is 1.15 bits per heavy atom. The number of ether oxygens (including phenoxy) is 1. The molecule has 2 fully saturated rings. The van der Waals surface area contributed by atoms with Crippen LogP contribution in [0, 0.1) is 5.92 Å². The molecule has 1 saturated carbocycles. The van der Waals surface area contributed by atoms with E-state index in [1.54, 1.807) is 12.1 Å². The molecule has 1 saturated heterocycles. The predicted octanol–water partition coefficient (Wildman–Crippen LogP) is 1.57. The van der Waals surface area contributed by atoms with Crippen LogP contribution in [0.25, 0.3) is 0 Å². The number of anilines is 1. The fraction of sp³-hybridized carbons (Fsp3) is 0.571. The number of nitrogens with one attached hydrogen (secondary N) is 2. The molecular weight excluding hydrogens is 276 g/mol. The maximum Gasteiger partial charge on any atom is 0.240 e. The van der Waals surface area contributed by atoms with E-state index in [9.17, 15) is 8.42 Å². The minimum Gasteiger partial charge on any atom is -0.380 e. The first-order valence-electron chi connectivity index (χ1n) is 7.02. The smallest absolute Gasteiger partial charge is 0.240 e. The van der Waals surface area contributed by atoms with Gasteiger partial charge in [-0.25, -0.2) is 13.1 Å². The molecule has 2 aliphatic rings. The zero-order valence-electron chi connectivity index (χ0n) is 11.5. The molecule has 2 unspecified atom stereocenters. The third-order valence-electron chi connectivity index (χ3n) is 4.01. The quantitative estimate of drug-likeness (QED) is 0.865. The van der Waals surface area contributed by atoms with Gasteiger partial charge in [0.1, 0.15) is 0 Å². The topological polar surface area (TPSA) is 67.4 Å². The Morgan fingerprint density at radius 3 is 2.45 bits per heavy atom. The first-order valence-corrected chi connectivity index (χ1v) is 8.50. The highest BCUT2D eigenvalue weighted by molar-refractivity contribution is 7.89. The van der Waals surface area contributed by atoms with Crippen LogP contribution in [0.2, 0.25) is 0 Å². The summed E-state index contributed by atoms with van der Waals surface area (Å²) in [6, 6.07) is 7.21. The molecule has 6 heteroatoms. The Hall–Kier alpha value is -1.11. The molecule has 1 aromatic carbocycles. The average molecular weight is 296 g/mol. The van der Waals surface area contributed by atoms with E-state index in [-0.39, 0.29) is 4.90 Å². The number of hydrogen-bond donors (Lipinski definition) is 2. The lowest BCUT2D eigenvalue weighted by Gasteiger charge is -2.20. The van der Waals surface area contributed by atoms with Crippen molar-refractivity contribution in [3.05, 3.63) is 24.3 Å². The maximum atomic E-state index is 11.7. The lowest BCUT2D eigenvalue weighted by Crippen LogP contribution is -2.30. The molecule has 20 heavy (non-hydrogen) atoms. The fourth-order valence-electron chi connectivity index (χ4n) is 2.72. The highest BCUT2D eigenvalue weighted by Crippen LogP contribution is 2.39. The Morgan fingerprint density at radius 2 is 1.85 bits per heavy atom. The SMILES string of the molecule is CNS(=O)(=O)c1ccc(NC2CCOC2C2CC2)cc1. The normalized spacial score (nSPS) is 26.6. The number of sulfonamides is 1. The minimum atomic E-state index is -3.36. The standard InChI is InChI=1S/C14H20N2O3S/c1-15-20(17,18)12-6-4-11(5-7-12)16-13-8-9-19-14(13)10-2-3-10/h4-7,10,13-16H,2-3,8-9H2,1H3. The second-order valence-corrected chi connectivity index (χ2v) is 7.33. The summed E-state index contributed by atoms with van der Waals surface area (Å²) in [5.74, 6) is 0.707. The maximum absolute atomic E-state index is 11.7. The second-order valence-electron chi connectivity index (χ2n) is 5.44. The van der Waals surface area contributed by atoms with Crippen molar-refractivity contribution in [2.75, 3.05) is 19.0 Å². The van der Waals surface area contributed by atoms with Gasteiger partial charge in [0, 0.05) is 12.3 Å². The first kappa shape index (κ1) is 13.9. The van der Waals surface area contributed by atoms with Crippen LogP contribution >= 0.6 is 0 Å². The molecule has 2 atom stereocenters. The summed E-state index contributed by atoms with van der Waals surface area (Å²) in [5.41, 5.74) is 0.946.